The third kappa shape index (κ3) is 7.41. The number of nitrogens with zero attached hydrogens (tertiary/aromatic N) is 4. The average molecular weight is 723 g/mol. The van der Waals surface area contributed by atoms with E-state index in [0.29, 0.717) is 17.8 Å². The van der Waals surface area contributed by atoms with Gasteiger partial charge in [0.05, 0.1) is 9.75 Å². The van der Waals surface area contributed by atoms with Crippen LogP contribution in [0.3, 0.4) is 0 Å². The molecule has 2 aliphatic carbocycles. The number of fused-ring (bicyclic) bond motifs is 2. The van der Waals surface area contributed by atoms with Gasteiger partial charge < -0.3 is 19.0 Å². The molecule has 0 spiro atoms. The number of aromatic hydroxyl groups is 1. The van der Waals surface area contributed by atoms with Gasteiger partial charge in [-0.2, -0.15) is 0 Å². The number of phenols is 1. The van der Waals surface area contributed by atoms with Crippen LogP contribution in [0.5, 0.6) is 11.5 Å². The van der Waals surface area contributed by atoms with Crippen LogP contribution in [0.15, 0.2) is 60.7 Å². The molecule has 4 heterocycles. The summed E-state index contributed by atoms with van der Waals surface area (Å²) in [6.45, 7) is 4.60. The summed E-state index contributed by atoms with van der Waals surface area (Å²) in [6, 6.07) is 19.3. The summed E-state index contributed by atoms with van der Waals surface area (Å²) in [5.74, 6) is 2.51. The van der Waals surface area contributed by atoms with Crippen LogP contribution in [0.2, 0.25) is 0 Å². The number of phenolic OH excluding ortho intramolecular Hbond substituents is 1. The van der Waals surface area contributed by atoms with Crippen LogP contribution < -0.4 is 4.74 Å². The Balaban J connectivity index is 0.000000160. The zero-order valence-electron chi connectivity index (χ0n) is 29.2. The zero-order valence-corrected chi connectivity index (χ0v) is 30.8. The van der Waals surface area contributed by atoms with Crippen LogP contribution in [0.25, 0.3) is 43.5 Å². The minimum absolute atomic E-state index is 0.0838. The standard InChI is InChI=1S/C21H22N2O3S.C19H20N2O2S/c1-13(24)19-12-18-21(27-19)23(16-6-4-3-5-7-16)20(22-18)15-8-10-17(11-9-15)26-14(2)25;1-12(22)17-11-16-19(24-17)21(14-5-3-2-4-6-14)18(20-16)13-7-9-15(23)10-8-13/h8-12,16H,3-7H2,1-2H3;7-11,14,23H,2-6H2,1H3. The average Bonchev–Trinajstić information content (AvgIpc) is 3.89. The number of hydrogen-bond donors (Lipinski definition) is 1. The number of carbonyl (C=O) groups is 3. The van der Waals surface area contributed by atoms with Crippen molar-refractivity contribution >= 4 is 60.9 Å². The first-order valence-corrected chi connectivity index (χ1v) is 19.4. The van der Waals surface area contributed by atoms with Crippen LogP contribution in [0, 0.1) is 0 Å². The number of Topliss-reactive ketones (excluding diaryl/α,β-unsaturated/α-hetero) is 2. The summed E-state index contributed by atoms with van der Waals surface area (Å²) < 4.78 is 9.79. The molecule has 2 aromatic carbocycles. The Hall–Kier alpha value is -4.61. The maximum absolute atomic E-state index is 11.8. The molecule has 4 aromatic heterocycles. The van der Waals surface area contributed by atoms with Crippen molar-refractivity contribution in [1.29, 1.82) is 0 Å². The van der Waals surface area contributed by atoms with E-state index in [1.165, 1.54) is 56.8 Å². The van der Waals surface area contributed by atoms with Crippen molar-refractivity contribution in [1.82, 2.24) is 19.1 Å². The van der Waals surface area contributed by atoms with Gasteiger partial charge in [-0.25, -0.2) is 9.97 Å². The number of esters is 1. The maximum Gasteiger partial charge on any atom is 0.308 e. The largest absolute Gasteiger partial charge is 0.508 e. The van der Waals surface area contributed by atoms with Gasteiger partial charge in [-0.3, -0.25) is 14.4 Å². The minimum atomic E-state index is -0.330. The van der Waals surface area contributed by atoms with Crippen LogP contribution >= 0.6 is 22.7 Å². The normalized spacial score (nSPS) is 15.5. The van der Waals surface area contributed by atoms with Crippen molar-refractivity contribution in [3.05, 3.63) is 70.4 Å². The van der Waals surface area contributed by atoms with Gasteiger partial charge in [0.1, 0.15) is 43.8 Å². The number of ether oxygens (including phenoxy) is 1. The first-order valence-electron chi connectivity index (χ1n) is 17.8. The second-order valence-corrected chi connectivity index (χ2v) is 15.6. The summed E-state index contributed by atoms with van der Waals surface area (Å²) in [5.41, 5.74) is 3.78. The fourth-order valence-electron chi connectivity index (χ4n) is 7.34. The highest BCUT2D eigenvalue weighted by molar-refractivity contribution is 7.20. The third-order valence-corrected chi connectivity index (χ3v) is 12.3. The smallest absolute Gasteiger partial charge is 0.308 e. The first kappa shape index (κ1) is 34.8. The molecule has 0 unspecified atom stereocenters. The topological polar surface area (TPSA) is 116 Å². The molecular weight excluding hydrogens is 681 g/mol. The van der Waals surface area contributed by atoms with E-state index in [1.807, 2.05) is 36.4 Å². The lowest BCUT2D eigenvalue weighted by Gasteiger charge is -2.25. The molecule has 0 amide bonds. The van der Waals surface area contributed by atoms with Gasteiger partial charge >= 0.3 is 5.97 Å². The van der Waals surface area contributed by atoms with Crippen LogP contribution in [-0.4, -0.2) is 41.7 Å². The van der Waals surface area contributed by atoms with E-state index in [4.69, 9.17) is 14.7 Å². The zero-order chi connectivity index (χ0) is 35.6. The number of ketones is 2. The lowest BCUT2D eigenvalue weighted by atomic mass is 9.95. The summed E-state index contributed by atoms with van der Waals surface area (Å²) in [4.78, 5) is 48.1. The number of benzene rings is 2. The van der Waals surface area contributed by atoms with Crippen molar-refractivity contribution in [2.45, 2.75) is 97.1 Å². The number of aromatic nitrogens is 4. The second-order valence-electron chi connectivity index (χ2n) is 13.6. The Labute approximate surface area is 304 Å². The van der Waals surface area contributed by atoms with E-state index >= 15 is 0 Å². The Bertz CT molecular complexity index is 2190. The summed E-state index contributed by atoms with van der Waals surface area (Å²) in [6.07, 6.45) is 12.1. The molecule has 264 valence electrons. The lowest BCUT2D eigenvalue weighted by Crippen LogP contribution is -2.13. The van der Waals surface area contributed by atoms with Crippen LogP contribution in [-0.2, 0) is 4.79 Å². The van der Waals surface area contributed by atoms with Crippen LogP contribution in [0.1, 0.15) is 116 Å². The molecule has 2 aliphatic rings. The van der Waals surface area contributed by atoms with Gasteiger partial charge in [0.25, 0.3) is 0 Å². The van der Waals surface area contributed by atoms with Gasteiger partial charge in [0.15, 0.2) is 11.6 Å². The summed E-state index contributed by atoms with van der Waals surface area (Å²) in [5, 5.41) is 9.56. The monoisotopic (exact) mass is 722 g/mol. The van der Waals surface area contributed by atoms with E-state index in [1.54, 1.807) is 49.4 Å². The van der Waals surface area contributed by atoms with Crippen molar-refractivity contribution in [3.8, 4) is 34.3 Å². The van der Waals surface area contributed by atoms with Gasteiger partial charge in [-0.05, 0) is 100 Å². The Morgan fingerprint density at radius 3 is 1.45 bits per heavy atom. The molecule has 1 N–H and O–H groups in total. The summed E-state index contributed by atoms with van der Waals surface area (Å²) in [7, 11) is 0. The van der Waals surface area contributed by atoms with Crippen molar-refractivity contribution in [2.75, 3.05) is 0 Å². The van der Waals surface area contributed by atoms with E-state index in [0.717, 1.165) is 78.9 Å². The molecule has 9 nitrogen and oxygen atoms in total. The molecule has 2 fully saturated rings. The number of thiophene rings is 2. The highest BCUT2D eigenvalue weighted by Gasteiger charge is 2.26. The Kier molecular flexibility index (Phi) is 10.2. The predicted molar refractivity (Wildman–Crippen MR) is 203 cm³/mol. The quantitative estimate of drug-likeness (QED) is 0.0990. The van der Waals surface area contributed by atoms with Gasteiger partial charge in [0, 0.05) is 30.1 Å². The maximum atomic E-state index is 11.8. The SMILES string of the molecule is CC(=O)Oc1ccc(-c2nc3cc(C(C)=O)sc3n2C2CCCCC2)cc1.CC(=O)c1cc2nc(-c3ccc(O)cc3)n(C3CCCCC3)c2s1. The molecule has 11 heteroatoms. The predicted octanol–water partition coefficient (Wildman–Crippen LogP) is 10.6. The number of carbonyl (C=O) groups excluding carboxylic acids is 3. The highest BCUT2D eigenvalue weighted by atomic mass is 32.1. The number of rotatable bonds is 7. The Morgan fingerprint density at radius 1 is 0.647 bits per heavy atom. The molecule has 6 aromatic rings. The molecule has 2 saturated carbocycles. The fourth-order valence-corrected chi connectivity index (χ4v) is 9.47. The third-order valence-electron chi connectivity index (χ3n) is 9.81. The molecule has 0 radical (unpaired) electrons. The van der Waals surface area contributed by atoms with Crippen molar-refractivity contribution in [2.24, 2.45) is 0 Å². The molecule has 0 bridgehead atoms. The molecule has 0 saturated heterocycles. The molecular formula is C40H42N4O5S2. The van der Waals surface area contributed by atoms with E-state index in [9.17, 15) is 19.5 Å². The number of imidazole rings is 2. The van der Waals surface area contributed by atoms with E-state index in [-0.39, 0.29) is 23.3 Å². The van der Waals surface area contributed by atoms with Gasteiger partial charge in [-0.1, -0.05) is 38.5 Å². The van der Waals surface area contributed by atoms with E-state index < -0.39 is 0 Å². The molecule has 0 atom stereocenters. The first-order chi connectivity index (χ1) is 24.7. The minimum Gasteiger partial charge on any atom is -0.508 e. The highest BCUT2D eigenvalue weighted by Crippen LogP contribution is 2.41. The van der Waals surface area contributed by atoms with Gasteiger partial charge in [0.2, 0.25) is 0 Å². The van der Waals surface area contributed by atoms with E-state index in [2.05, 4.69) is 9.13 Å². The number of hydrogen-bond acceptors (Lipinski definition) is 9. The lowest BCUT2D eigenvalue weighted by molar-refractivity contribution is -0.131. The molecule has 8 rings (SSSR count). The molecule has 0 aliphatic heterocycles. The van der Waals surface area contributed by atoms with Crippen LogP contribution in [0.4, 0.5) is 0 Å². The van der Waals surface area contributed by atoms with Crippen molar-refractivity contribution < 1.29 is 24.2 Å². The van der Waals surface area contributed by atoms with Gasteiger partial charge in [-0.15, -0.1) is 22.7 Å². The fraction of sp³-hybridized carbons (Fsp3) is 0.375. The van der Waals surface area contributed by atoms with Crippen molar-refractivity contribution in [3.63, 3.8) is 0 Å². The Morgan fingerprint density at radius 2 is 1.06 bits per heavy atom. The summed E-state index contributed by atoms with van der Waals surface area (Å²) >= 11 is 3.08. The molecule has 51 heavy (non-hydrogen) atoms. The second kappa shape index (κ2) is 14.9.